The number of hydrogen-bond acceptors (Lipinski definition) is 15. The molecule has 59 heavy (non-hydrogen) atoms. The summed E-state index contributed by atoms with van der Waals surface area (Å²) in [6.45, 7) is 10.9. The lowest BCUT2D eigenvalue weighted by molar-refractivity contribution is -0.133. The first-order valence-electron chi connectivity index (χ1n) is 19.5. The lowest BCUT2D eigenvalue weighted by atomic mass is 10.0. The van der Waals surface area contributed by atoms with E-state index in [0.717, 1.165) is 13.0 Å². The van der Waals surface area contributed by atoms with E-state index in [1.807, 2.05) is 0 Å². The average Bonchev–Trinajstić information content (AvgIpc) is 3.67. The molecule has 0 spiro atoms. The van der Waals surface area contributed by atoms with E-state index in [2.05, 4.69) is 48.7 Å². The number of nitrogens with one attached hydrogen (secondary N) is 5. The van der Waals surface area contributed by atoms with Crippen LogP contribution in [0.3, 0.4) is 0 Å². The first-order valence-corrected chi connectivity index (χ1v) is 19.5. The summed E-state index contributed by atoms with van der Waals surface area (Å²) >= 11 is 0. The van der Waals surface area contributed by atoms with Crippen molar-refractivity contribution in [1.29, 1.82) is 0 Å². The number of benzene rings is 1. The van der Waals surface area contributed by atoms with Gasteiger partial charge in [-0.1, -0.05) is 38.1 Å². The molecule has 0 bridgehead atoms. The van der Waals surface area contributed by atoms with Crippen LogP contribution in [0.5, 0.6) is 0 Å². The Hall–Kier alpha value is -4.97. The topological polar surface area (TPSA) is 293 Å². The monoisotopic (exact) mass is 838 g/mol. The number of aromatic nitrogens is 3. The minimum atomic E-state index is -1.03. The van der Waals surface area contributed by atoms with Gasteiger partial charge in [0.2, 0.25) is 17.7 Å². The largest absolute Gasteiger partial charge is 0.445 e. The van der Waals surface area contributed by atoms with E-state index in [9.17, 15) is 24.0 Å². The molecule has 22 heteroatoms. The Morgan fingerprint density at radius 1 is 0.797 bits per heavy atom. The predicted octanol–water partition coefficient (Wildman–Crippen LogP) is 0.100. The molecular weight excluding hydrogens is 776 g/mol. The van der Waals surface area contributed by atoms with Crippen LogP contribution >= 0.6 is 0 Å². The Kier molecular flexibility index (Phi) is 26.4. The van der Waals surface area contributed by atoms with Crippen molar-refractivity contribution in [2.45, 2.75) is 71.8 Å². The number of carbonyl (C=O) groups excluding carboxylic acids is 5. The summed E-state index contributed by atoms with van der Waals surface area (Å²) in [6, 6.07) is 3.84. The van der Waals surface area contributed by atoms with Crippen LogP contribution in [-0.4, -0.2) is 136 Å². The van der Waals surface area contributed by atoms with E-state index < -0.39 is 48.5 Å². The summed E-state index contributed by atoms with van der Waals surface area (Å²) in [7, 11) is 0. The van der Waals surface area contributed by atoms with Crippen molar-refractivity contribution in [1.82, 2.24) is 36.3 Å². The standard InChI is InChI=1S/C37H62N10O12/c1-4-13-53-15-17-55-19-21-57-22-20-56-18-16-54-14-12-47-24-30(45-46-47)23-41-37(52)58-25-28-7-9-29(10-8-28)42-34(49)31(6-5-11-40-36(38)51)43-35(50)33(27(2)3)44-32(48)26-59-39/h7-10,24,27,31,33H,4-6,11-23,25-26,39H2,1-3H3,(H,41,52)(H,42,49)(H,43,50)(H,44,48)(H3,38,40,51)/t31-,33-/m0/s1. The summed E-state index contributed by atoms with van der Waals surface area (Å²) in [5.74, 6) is 2.91. The summed E-state index contributed by atoms with van der Waals surface area (Å²) in [6.07, 6.45) is 2.49. The van der Waals surface area contributed by atoms with Gasteiger partial charge in [-0.25, -0.2) is 20.2 Å². The van der Waals surface area contributed by atoms with Gasteiger partial charge < -0.3 is 60.7 Å². The Balaban J connectivity index is 1.68. The summed E-state index contributed by atoms with van der Waals surface area (Å²) in [5, 5.41) is 21.1. The maximum atomic E-state index is 13.3. The fraction of sp³-hybridized carbons (Fsp3) is 0.649. The highest BCUT2D eigenvalue weighted by atomic mass is 16.6. The molecule has 0 saturated carbocycles. The quantitative estimate of drug-likeness (QED) is 0.0371. The Morgan fingerprint density at radius 3 is 1.98 bits per heavy atom. The molecule has 1 aromatic carbocycles. The molecule has 0 unspecified atom stereocenters. The summed E-state index contributed by atoms with van der Waals surface area (Å²) in [4.78, 5) is 66.2. The van der Waals surface area contributed by atoms with Crippen molar-refractivity contribution in [3.05, 3.63) is 41.7 Å². The zero-order valence-corrected chi connectivity index (χ0v) is 34.2. The van der Waals surface area contributed by atoms with Crippen LogP contribution in [0.25, 0.3) is 0 Å². The molecule has 22 nitrogen and oxygen atoms in total. The molecule has 0 radical (unpaired) electrons. The van der Waals surface area contributed by atoms with E-state index in [1.54, 1.807) is 49.0 Å². The van der Waals surface area contributed by atoms with Gasteiger partial charge in [0, 0.05) is 18.8 Å². The van der Waals surface area contributed by atoms with Gasteiger partial charge in [0.15, 0.2) is 0 Å². The van der Waals surface area contributed by atoms with Crippen molar-refractivity contribution >= 4 is 35.5 Å². The molecule has 1 heterocycles. The molecule has 0 aliphatic rings. The van der Waals surface area contributed by atoms with Gasteiger partial charge >= 0.3 is 12.1 Å². The Bertz CT molecular complexity index is 1500. The highest BCUT2D eigenvalue weighted by Gasteiger charge is 2.29. The molecule has 0 saturated heterocycles. The molecular formula is C37H62N10O12. The highest BCUT2D eigenvalue weighted by Crippen LogP contribution is 2.13. The fourth-order valence-electron chi connectivity index (χ4n) is 4.96. The summed E-state index contributed by atoms with van der Waals surface area (Å²) in [5.41, 5.74) is 6.72. The van der Waals surface area contributed by atoms with Gasteiger partial charge in [0.25, 0.3) is 0 Å². The van der Waals surface area contributed by atoms with E-state index in [-0.39, 0.29) is 32.0 Å². The van der Waals surface area contributed by atoms with Gasteiger partial charge in [0.1, 0.15) is 31.0 Å². The Labute approximate surface area is 344 Å². The van der Waals surface area contributed by atoms with E-state index in [4.69, 9.17) is 40.1 Å². The van der Waals surface area contributed by atoms with Crippen LogP contribution in [0.1, 0.15) is 51.3 Å². The van der Waals surface area contributed by atoms with Crippen molar-refractivity contribution in [3.63, 3.8) is 0 Å². The molecule has 9 N–H and O–H groups in total. The van der Waals surface area contributed by atoms with Gasteiger partial charge in [0.05, 0.1) is 78.7 Å². The van der Waals surface area contributed by atoms with Gasteiger partial charge in [-0.2, -0.15) is 0 Å². The smallest absolute Gasteiger partial charge is 0.407 e. The van der Waals surface area contributed by atoms with Crippen molar-refractivity contribution in [2.24, 2.45) is 17.5 Å². The maximum absolute atomic E-state index is 13.3. The third kappa shape index (κ3) is 23.9. The number of primary amides is 1. The number of nitrogens with zero attached hydrogens (tertiary/aromatic N) is 3. The highest BCUT2D eigenvalue weighted by molar-refractivity contribution is 5.98. The molecule has 1 aromatic heterocycles. The fourth-order valence-corrected chi connectivity index (χ4v) is 4.96. The molecule has 332 valence electrons. The van der Waals surface area contributed by atoms with Crippen LogP contribution in [0, 0.1) is 5.92 Å². The number of anilines is 1. The second-order valence-corrected chi connectivity index (χ2v) is 13.2. The normalized spacial score (nSPS) is 12.1. The van der Waals surface area contributed by atoms with Crippen LogP contribution in [0.4, 0.5) is 15.3 Å². The van der Waals surface area contributed by atoms with Crippen molar-refractivity contribution in [3.8, 4) is 0 Å². The second kappa shape index (κ2) is 31.0. The Morgan fingerprint density at radius 2 is 1.41 bits per heavy atom. The SMILES string of the molecule is CCCOCCOCCOCCOCCOCCn1cc(CNC(=O)OCc2ccc(NC(=O)[C@H](CCCNC(N)=O)NC(=O)[C@@H](NC(=O)CON)C(C)C)cc2)nn1. The van der Waals surface area contributed by atoms with E-state index in [0.29, 0.717) is 89.4 Å². The van der Waals surface area contributed by atoms with Crippen molar-refractivity contribution < 1.29 is 57.2 Å². The number of urea groups is 1. The number of rotatable bonds is 33. The number of hydrogen-bond donors (Lipinski definition) is 7. The van der Waals surface area contributed by atoms with Crippen LogP contribution in [0.15, 0.2) is 30.5 Å². The van der Waals surface area contributed by atoms with Crippen LogP contribution in [0.2, 0.25) is 0 Å². The van der Waals surface area contributed by atoms with Gasteiger partial charge in [-0.15, -0.1) is 5.10 Å². The first-order chi connectivity index (χ1) is 28.5. The number of carbonyl (C=O) groups is 5. The third-order valence-corrected chi connectivity index (χ3v) is 7.97. The number of ether oxygens (including phenoxy) is 6. The zero-order chi connectivity index (χ0) is 43.1. The van der Waals surface area contributed by atoms with E-state index >= 15 is 0 Å². The van der Waals surface area contributed by atoms with Gasteiger partial charge in [-0.05, 0) is 42.9 Å². The third-order valence-electron chi connectivity index (χ3n) is 7.97. The predicted molar refractivity (Wildman–Crippen MR) is 212 cm³/mol. The van der Waals surface area contributed by atoms with E-state index in [1.165, 1.54) is 0 Å². The molecule has 0 fully saturated rings. The van der Waals surface area contributed by atoms with Crippen LogP contribution < -0.4 is 38.2 Å². The average molecular weight is 839 g/mol. The zero-order valence-electron chi connectivity index (χ0n) is 34.2. The lowest BCUT2D eigenvalue weighted by Gasteiger charge is -2.25. The molecule has 6 amide bonds. The number of amides is 6. The minimum Gasteiger partial charge on any atom is -0.445 e. The van der Waals surface area contributed by atoms with Gasteiger partial charge in [-0.3, -0.25) is 19.2 Å². The van der Waals surface area contributed by atoms with Crippen molar-refractivity contribution in [2.75, 3.05) is 84.5 Å². The minimum absolute atomic E-state index is 0.0473. The molecule has 2 aromatic rings. The van der Waals surface area contributed by atoms with Crippen LogP contribution in [-0.2, 0) is 67.3 Å². The first kappa shape index (κ1) is 50.2. The summed E-state index contributed by atoms with van der Waals surface area (Å²) < 4.78 is 34.2. The molecule has 2 atom stereocenters. The molecule has 0 aliphatic heterocycles. The lowest BCUT2D eigenvalue weighted by Crippen LogP contribution is -2.55. The maximum Gasteiger partial charge on any atom is 0.407 e. The molecule has 0 aliphatic carbocycles. The number of alkyl carbamates (subject to hydrolysis) is 1. The molecule has 2 rings (SSSR count). The number of nitrogens with two attached hydrogens (primary N) is 2. The second-order valence-electron chi connectivity index (χ2n) is 13.2.